The van der Waals surface area contributed by atoms with Gasteiger partial charge in [0.25, 0.3) is 0 Å². The number of benzene rings is 3. The molecule has 0 aliphatic heterocycles. The van der Waals surface area contributed by atoms with Gasteiger partial charge < -0.3 is 0 Å². The van der Waals surface area contributed by atoms with E-state index in [4.69, 9.17) is 0 Å². The van der Waals surface area contributed by atoms with Gasteiger partial charge >= 0.3 is 0 Å². The molecule has 0 fully saturated rings. The Kier molecular flexibility index (Phi) is 2.08. The van der Waals surface area contributed by atoms with E-state index in [1.54, 1.807) is 11.1 Å². The summed E-state index contributed by atoms with van der Waals surface area (Å²) in [7, 11) is 0. The van der Waals surface area contributed by atoms with E-state index >= 15 is 0 Å². The topological polar surface area (TPSA) is 0 Å². The highest BCUT2D eigenvalue weighted by Gasteiger charge is 2.27. The van der Waals surface area contributed by atoms with Crippen LogP contribution in [0.4, 0.5) is 0 Å². The van der Waals surface area contributed by atoms with Gasteiger partial charge in [-0.1, -0.05) is 60.2 Å². The normalized spacial score (nSPS) is 13.6. The van der Waals surface area contributed by atoms with E-state index in [1.165, 1.54) is 38.9 Å². The van der Waals surface area contributed by atoms with Crippen molar-refractivity contribution in [2.45, 2.75) is 19.8 Å². The number of aryl methyl sites for hydroxylation is 1. The maximum atomic E-state index is 2.35. The fraction of sp³-hybridized carbons (Fsp3) is 0.143. The summed E-state index contributed by atoms with van der Waals surface area (Å²) in [6.45, 7) is 2.18. The zero-order chi connectivity index (χ0) is 14.0. The molecule has 0 heterocycles. The van der Waals surface area contributed by atoms with Crippen LogP contribution in [-0.2, 0) is 12.8 Å². The second kappa shape index (κ2) is 3.85. The third-order valence-electron chi connectivity index (χ3n) is 5.02. The molecule has 3 aromatic rings. The Labute approximate surface area is 125 Å². The van der Waals surface area contributed by atoms with Gasteiger partial charge in [0.05, 0.1) is 0 Å². The van der Waals surface area contributed by atoms with Gasteiger partial charge in [-0.25, -0.2) is 0 Å². The van der Waals surface area contributed by atoms with Crippen LogP contribution in [0.15, 0.2) is 54.6 Å². The molecule has 0 saturated heterocycles. The summed E-state index contributed by atoms with van der Waals surface area (Å²) in [5.41, 5.74) is 13.2. The summed E-state index contributed by atoms with van der Waals surface area (Å²) < 4.78 is 0. The molecule has 100 valence electrons. The van der Waals surface area contributed by atoms with E-state index in [-0.39, 0.29) is 0 Å². The van der Waals surface area contributed by atoms with Gasteiger partial charge in [0, 0.05) is 0 Å². The van der Waals surface area contributed by atoms with Crippen LogP contribution < -0.4 is 0 Å². The van der Waals surface area contributed by atoms with Gasteiger partial charge in [-0.15, -0.1) is 0 Å². The summed E-state index contributed by atoms with van der Waals surface area (Å²) >= 11 is 0. The van der Waals surface area contributed by atoms with Gasteiger partial charge in [0.2, 0.25) is 0 Å². The third-order valence-corrected chi connectivity index (χ3v) is 5.02. The lowest BCUT2D eigenvalue weighted by Gasteiger charge is -2.07. The minimum atomic E-state index is 1.10. The number of fused-ring (bicyclic) bond motifs is 7. The first-order chi connectivity index (χ1) is 10.3. The average molecular weight is 268 g/mol. The van der Waals surface area contributed by atoms with E-state index in [0.29, 0.717) is 0 Å². The van der Waals surface area contributed by atoms with Crippen LogP contribution in [-0.4, -0.2) is 0 Å². The van der Waals surface area contributed by atoms with Gasteiger partial charge in [-0.3, -0.25) is 0 Å². The fourth-order valence-electron chi connectivity index (χ4n) is 4.05. The first-order valence-corrected chi connectivity index (χ1v) is 7.64. The lowest BCUT2D eigenvalue weighted by atomic mass is 9.96. The van der Waals surface area contributed by atoms with Crippen LogP contribution in [0.5, 0.6) is 0 Å². The van der Waals surface area contributed by atoms with E-state index in [0.717, 1.165) is 12.8 Å². The van der Waals surface area contributed by atoms with Crippen molar-refractivity contribution in [1.29, 1.82) is 0 Å². The summed E-state index contributed by atoms with van der Waals surface area (Å²) in [6, 6.07) is 20.4. The molecule has 0 atom stereocenters. The van der Waals surface area contributed by atoms with Gasteiger partial charge in [0.1, 0.15) is 0 Å². The molecule has 0 saturated carbocycles. The predicted molar refractivity (Wildman–Crippen MR) is 87.7 cm³/mol. The Bertz CT molecular complexity index is 900. The molecule has 3 aromatic carbocycles. The standard InChI is InChI=1S/C21H16/c1-13-6-7-17-15(10-13)12-21-19(17)9-8-18-16-5-3-2-4-14(16)11-20(18)21/h2-10H,11-12H2,1H3. The number of hydrogen-bond acceptors (Lipinski definition) is 0. The summed E-state index contributed by atoms with van der Waals surface area (Å²) in [5.74, 6) is 0. The van der Waals surface area contributed by atoms with Gasteiger partial charge in [-0.05, 0) is 64.3 Å². The molecule has 0 radical (unpaired) electrons. The molecule has 0 nitrogen and oxygen atoms in total. The lowest BCUT2D eigenvalue weighted by molar-refractivity contribution is 1.16. The van der Waals surface area contributed by atoms with Gasteiger partial charge in [0.15, 0.2) is 0 Å². The highest BCUT2D eigenvalue weighted by Crippen LogP contribution is 2.46. The molecule has 2 aliphatic rings. The van der Waals surface area contributed by atoms with Crippen LogP contribution in [0.25, 0.3) is 22.3 Å². The van der Waals surface area contributed by atoms with Gasteiger partial charge in [-0.2, -0.15) is 0 Å². The average Bonchev–Trinajstić information content (AvgIpc) is 3.04. The SMILES string of the molecule is Cc1ccc2c(c1)Cc1c-2ccc2c1Cc1ccccc1-2. The molecule has 0 heteroatoms. The Morgan fingerprint density at radius 1 is 0.619 bits per heavy atom. The number of hydrogen-bond donors (Lipinski definition) is 0. The second-order valence-corrected chi connectivity index (χ2v) is 6.29. The van der Waals surface area contributed by atoms with Crippen LogP contribution in [0.3, 0.4) is 0 Å². The largest absolute Gasteiger partial charge is 0.0619 e. The summed E-state index contributed by atoms with van der Waals surface area (Å²) in [6.07, 6.45) is 2.20. The van der Waals surface area contributed by atoms with E-state index in [2.05, 4.69) is 61.5 Å². The van der Waals surface area contributed by atoms with Crippen molar-refractivity contribution >= 4 is 0 Å². The van der Waals surface area contributed by atoms with Crippen molar-refractivity contribution in [1.82, 2.24) is 0 Å². The van der Waals surface area contributed by atoms with Crippen LogP contribution in [0, 0.1) is 6.92 Å². The molecule has 2 aliphatic carbocycles. The number of rotatable bonds is 0. The van der Waals surface area contributed by atoms with Crippen LogP contribution in [0.2, 0.25) is 0 Å². The molecule has 0 unspecified atom stereocenters. The zero-order valence-corrected chi connectivity index (χ0v) is 12.1. The molecule has 0 amide bonds. The first kappa shape index (κ1) is 11.3. The molecule has 5 rings (SSSR count). The maximum absolute atomic E-state index is 2.35. The Morgan fingerprint density at radius 2 is 1.24 bits per heavy atom. The third kappa shape index (κ3) is 1.45. The smallest absolute Gasteiger partial charge is 0.00103 e. The molecule has 0 N–H and O–H groups in total. The molecule has 21 heavy (non-hydrogen) atoms. The van der Waals surface area contributed by atoms with Crippen LogP contribution in [0.1, 0.15) is 27.8 Å². The highest BCUT2D eigenvalue weighted by molar-refractivity contribution is 5.86. The minimum absolute atomic E-state index is 1.10. The van der Waals surface area contributed by atoms with E-state index in [1.807, 2.05) is 0 Å². The molecular weight excluding hydrogens is 252 g/mol. The zero-order valence-electron chi connectivity index (χ0n) is 12.1. The van der Waals surface area contributed by atoms with Crippen molar-refractivity contribution in [3.63, 3.8) is 0 Å². The highest BCUT2D eigenvalue weighted by atomic mass is 14.3. The van der Waals surface area contributed by atoms with E-state index < -0.39 is 0 Å². The lowest BCUT2D eigenvalue weighted by Crippen LogP contribution is -1.90. The Balaban J connectivity index is 1.75. The van der Waals surface area contributed by atoms with Crippen molar-refractivity contribution in [3.8, 4) is 22.3 Å². The fourth-order valence-corrected chi connectivity index (χ4v) is 4.05. The van der Waals surface area contributed by atoms with Crippen molar-refractivity contribution in [2.75, 3.05) is 0 Å². The van der Waals surface area contributed by atoms with Crippen molar-refractivity contribution < 1.29 is 0 Å². The maximum Gasteiger partial charge on any atom is -0.00103 e. The quantitative estimate of drug-likeness (QED) is 0.365. The van der Waals surface area contributed by atoms with Crippen molar-refractivity contribution in [3.05, 3.63) is 82.4 Å². The predicted octanol–water partition coefficient (Wildman–Crippen LogP) is 5.14. The Morgan fingerprint density at radius 3 is 2.05 bits per heavy atom. The van der Waals surface area contributed by atoms with Crippen molar-refractivity contribution in [2.24, 2.45) is 0 Å². The molecule has 0 bridgehead atoms. The van der Waals surface area contributed by atoms with Crippen LogP contribution >= 0.6 is 0 Å². The monoisotopic (exact) mass is 268 g/mol. The summed E-state index contributed by atoms with van der Waals surface area (Å²) in [4.78, 5) is 0. The summed E-state index contributed by atoms with van der Waals surface area (Å²) in [5, 5.41) is 0. The van der Waals surface area contributed by atoms with E-state index in [9.17, 15) is 0 Å². The second-order valence-electron chi connectivity index (χ2n) is 6.29. The molecule has 0 aromatic heterocycles. The Hall–Kier alpha value is -2.34. The first-order valence-electron chi connectivity index (χ1n) is 7.64. The molecular formula is C21H16. The minimum Gasteiger partial charge on any atom is -0.0619 e. The molecule has 0 spiro atoms.